The van der Waals surface area contributed by atoms with Crippen LogP contribution in [0.1, 0.15) is 30.0 Å². The zero-order valence-corrected chi connectivity index (χ0v) is 18.9. The van der Waals surface area contributed by atoms with E-state index < -0.39 is 0 Å². The molecular formula is C27H26N6O. The number of hydrogen-bond donors (Lipinski definition) is 0. The summed E-state index contributed by atoms with van der Waals surface area (Å²) in [6.07, 6.45) is 3.08. The van der Waals surface area contributed by atoms with Gasteiger partial charge < -0.3 is 9.80 Å². The fraction of sp³-hybridized carbons (Fsp3) is 0.259. The number of carbonyl (C=O) groups is 1. The third-order valence-electron chi connectivity index (χ3n) is 6.35. The molecule has 0 bridgehead atoms. The van der Waals surface area contributed by atoms with E-state index in [9.17, 15) is 10.1 Å². The van der Waals surface area contributed by atoms with E-state index in [2.05, 4.69) is 28.1 Å². The molecule has 170 valence electrons. The maximum absolute atomic E-state index is 13.6. The van der Waals surface area contributed by atoms with Gasteiger partial charge in [-0.05, 0) is 36.2 Å². The SMILES string of the molecule is N#Cc1cccnc1N1CCCN(C(=O)C2=NN(c3ccccc3)C(c3ccccc3)C2)CC1. The quantitative estimate of drug-likeness (QED) is 0.601. The molecule has 1 saturated heterocycles. The van der Waals surface area contributed by atoms with Crippen molar-refractivity contribution < 1.29 is 4.79 Å². The normalized spacial score (nSPS) is 18.3. The minimum absolute atomic E-state index is 0.0114. The van der Waals surface area contributed by atoms with Crippen LogP contribution in [0.4, 0.5) is 11.5 Å². The van der Waals surface area contributed by atoms with E-state index in [1.165, 1.54) is 0 Å². The molecule has 34 heavy (non-hydrogen) atoms. The standard InChI is InChI=1S/C27H26N6O/c28-20-22-11-7-14-29-26(22)31-15-8-16-32(18-17-31)27(34)24-19-25(21-9-3-1-4-10-21)33(30-24)23-12-5-2-6-13-23/h1-7,9-14,25H,8,15-19H2. The van der Waals surface area contributed by atoms with E-state index in [-0.39, 0.29) is 11.9 Å². The van der Waals surface area contributed by atoms with Gasteiger partial charge in [-0.1, -0.05) is 48.5 Å². The van der Waals surface area contributed by atoms with Crippen molar-refractivity contribution in [2.75, 3.05) is 36.1 Å². The summed E-state index contributed by atoms with van der Waals surface area (Å²) in [4.78, 5) is 22.0. The molecule has 2 aromatic carbocycles. The molecular weight excluding hydrogens is 424 g/mol. The fourth-order valence-electron chi connectivity index (χ4n) is 4.64. The van der Waals surface area contributed by atoms with Gasteiger partial charge in [0.1, 0.15) is 17.6 Å². The highest BCUT2D eigenvalue weighted by molar-refractivity contribution is 6.39. The maximum Gasteiger partial charge on any atom is 0.270 e. The Morgan fingerprint density at radius 3 is 2.44 bits per heavy atom. The first kappa shape index (κ1) is 21.7. The smallest absolute Gasteiger partial charge is 0.270 e. The highest BCUT2D eigenvalue weighted by Crippen LogP contribution is 2.35. The first-order valence-corrected chi connectivity index (χ1v) is 11.6. The van der Waals surface area contributed by atoms with E-state index >= 15 is 0 Å². The Hall–Kier alpha value is -4.18. The Balaban J connectivity index is 1.35. The lowest BCUT2D eigenvalue weighted by molar-refractivity contribution is -0.124. The molecule has 0 aliphatic carbocycles. The Labute approximate surface area is 199 Å². The molecule has 1 atom stereocenters. The lowest BCUT2D eigenvalue weighted by atomic mass is 10.0. The van der Waals surface area contributed by atoms with Crippen molar-refractivity contribution >= 4 is 23.1 Å². The molecule has 7 heteroatoms. The van der Waals surface area contributed by atoms with Crippen LogP contribution in [0.3, 0.4) is 0 Å². The zero-order chi connectivity index (χ0) is 23.3. The van der Waals surface area contributed by atoms with E-state index in [1.807, 2.05) is 58.4 Å². The molecule has 1 unspecified atom stereocenters. The van der Waals surface area contributed by atoms with Crippen LogP contribution >= 0.6 is 0 Å². The molecule has 0 saturated carbocycles. The first-order chi connectivity index (χ1) is 16.7. The average Bonchev–Trinajstić information content (AvgIpc) is 3.21. The summed E-state index contributed by atoms with van der Waals surface area (Å²) < 4.78 is 0. The van der Waals surface area contributed by atoms with Crippen molar-refractivity contribution in [3.63, 3.8) is 0 Å². The summed E-state index contributed by atoms with van der Waals surface area (Å²) in [6.45, 7) is 2.62. The van der Waals surface area contributed by atoms with Gasteiger partial charge in [-0.25, -0.2) is 4.98 Å². The molecule has 2 aliphatic heterocycles. The number of pyridine rings is 1. The average molecular weight is 451 g/mol. The van der Waals surface area contributed by atoms with E-state index in [4.69, 9.17) is 5.10 Å². The second-order valence-corrected chi connectivity index (χ2v) is 8.48. The van der Waals surface area contributed by atoms with Crippen LogP contribution in [0, 0.1) is 11.3 Å². The maximum atomic E-state index is 13.6. The fourth-order valence-corrected chi connectivity index (χ4v) is 4.64. The van der Waals surface area contributed by atoms with Crippen molar-refractivity contribution in [2.24, 2.45) is 5.10 Å². The second-order valence-electron chi connectivity index (χ2n) is 8.48. The Bertz CT molecular complexity index is 1220. The van der Waals surface area contributed by atoms with Crippen molar-refractivity contribution in [1.82, 2.24) is 9.88 Å². The summed E-state index contributed by atoms with van der Waals surface area (Å²) in [7, 11) is 0. The van der Waals surface area contributed by atoms with Crippen LogP contribution in [0.2, 0.25) is 0 Å². The van der Waals surface area contributed by atoms with E-state index in [1.54, 1.807) is 18.3 Å². The van der Waals surface area contributed by atoms with Gasteiger partial charge in [0.15, 0.2) is 0 Å². The van der Waals surface area contributed by atoms with Gasteiger partial charge in [0.05, 0.1) is 17.3 Å². The van der Waals surface area contributed by atoms with Gasteiger partial charge in [0.25, 0.3) is 5.91 Å². The summed E-state index contributed by atoms with van der Waals surface area (Å²) in [5.74, 6) is 0.680. The summed E-state index contributed by atoms with van der Waals surface area (Å²) in [5, 5.41) is 16.2. The zero-order valence-electron chi connectivity index (χ0n) is 18.9. The predicted octanol–water partition coefficient (Wildman–Crippen LogP) is 4.00. The monoisotopic (exact) mass is 450 g/mol. The Kier molecular flexibility index (Phi) is 6.21. The number of rotatable bonds is 4. The Morgan fingerprint density at radius 2 is 1.68 bits per heavy atom. The molecule has 0 N–H and O–H groups in total. The van der Waals surface area contributed by atoms with Gasteiger partial charge >= 0.3 is 0 Å². The number of anilines is 2. The minimum Gasteiger partial charge on any atom is -0.354 e. The largest absolute Gasteiger partial charge is 0.354 e. The molecule has 1 aromatic heterocycles. The molecule has 1 fully saturated rings. The van der Waals surface area contributed by atoms with Gasteiger partial charge in [-0.15, -0.1) is 0 Å². The van der Waals surface area contributed by atoms with Crippen molar-refractivity contribution in [3.8, 4) is 6.07 Å². The van der Waals surface area contributed by atoms with Crippen LogP contribution in [-0.2, 0) is 4.79 Å². The third kappa shape index (κ3) is 4.35. The number of hydrogen-bond acceptors (Lipinski definition) is 6. The predicted molar refractivity (Wildman–Crippen MR) is 133 cm³/mol. The molecule has 2 aliphatic rings. The number of nitriles is 1. The highest BCUT2D eigenvalue weighted by Gasteiger charge is 2.34. The summed E-state index contributed by atoms with van der Waals surface area (Å²) in [5.41, 5.74) is 3.26. The number of nitrogens with zero attached hydrogens (tertiary/aromatic N) is 6. The summed E-state index contributed by atoms with van der Waals surface area (Å²) >= 11 is 0. The number of para-hydroxylation sites is 1. The topological polar surface area (TPSA) is 75.8 Å². The number of hydrazone groups is 1. The minimum atomic E-state index is -0.0160. The van der Waals surface area contributed by atoms with Gasteiger partial charge in [0, 0.05) is 38.8 Å². The molecule has 7 nitrogen and oxygen atoms in total. The van der Waals surface area contributed by atoms with Gasteiger partial charge in [0.2, 0.25) is 0 Å². The molecule has 3 heterocycles. The number of amides is 1. The van der Waals surface area contributed by atoms with Crippen LogP contribution in [0.15, 0.2) is 84.1 Å². The highest BCUT2D eigenvalue weighted by atomic mass is 16.2. The molecule has 3 aromatic rings. The van der Waals surface area contributed by atoms with E-state index in [0.29, 0.717) is 43.1 Å². The number of carbonyl (C=O) groups excluding carboxylic acids is 1. The summed E-state index contributed by atoms with van der Waals surface area (Å²) in [6, 6.07) is 26.0. The van der Waals surface area contributed by atoms with E-state index in [0.717, 1.165) is 24.2 Å². The number of aromatic nitrogens is 1. The third-order valence-corrected chi connectivity index (χ3v) is 6.35. The number of benzene rings is 2. The molecule has 1 amide bonds. The van der Waals surface area contributed by atoms with Crippen molar-refractivity contribution in [3.05, 3.63) is 90.1 Å². The van der Waals surface area contributed by atoms with Crippen molar-refractivity contribution in [1.29, 1.82) is 5.26 Å². The van der Waals surface area contributed by atoms with Crippen LogP contribution in [-0.4, -0.2) is 47.7 Å². The second kappa shape index (κ2) is 9.75. The first-order valence-electron chi connectivity index (χ1n) is 11.6. The van der Waals surface area contributed by atoms with Crippen LogP contribution in [0.25, 0.3) is 0 Å². The molecule has 0 radical (unpaired) electrons. The van der Waals surface area contributed by atoms with Gasteiger partial charge in [-0.3, -0.25) is 9.80 Å². The lowest BCUT2D eigenvalue weighted by Crippen LogP contribution is -2.39. The van der Waals surface area contributed by atoms with Gasteiger partial charge in [-0.2, -0.15) is 10.4 Å². The van der Waals surface area contributed by atoms with Crippen molar-refractivity contribution in [2.45, 2.75) is 18.9 Å². The molecule has 0 spiro atoms. The Morgan fingerprint density at radius 1 is 0.912 bits per heavy atom. The van der Waals surface area contributed by atoms with Crippen LogP contribution in [0.5, 0.6) is 0 Å². The molecule has 5 rings (SSSR count). The lowest BCUT2D eigenvalue weighted by Gasteiger charge is -2.23. The van der Waals surface area contributed by atoms with Crippen LogP contribution < -0.4 is 9.91 Å².